The molecule has 0 bridgehead atoms. The second-order valence-corrected chi connectivity index (χ2v) is 5.28. The summed E-state index contributed by atoms with van der Waals surface area (Å²) in [5.74, 6) is 0. The number of benzene rings is 1. The maximum absolute atomic E-state index is 5.99. The average molecular weight is 240 g/mol. The highest BCUT2D eigenvalue weighted by molar-refractivity contribution is 6.30. The smallest absolute Gasteiger partial charge is 0.0591 e. The Hall–Kier alpha value is -0.570. The Morgan fingerprint density at radius 1 is 1.50 bits per heavy atom. The first kappa shape index (κ1) is 11.9. The van der Waals surface area contributed by atoms with Crippen molar-refractivity contribution >= 4 is 11.6 Å². The second kappa shape index (κ2) is 5.17. The molecule has 1 aliphatic rings. The zero-order valence-corrected chi connectivity index (χ0v) is 10.4. The number of ether oxygens (including phenoxy) is 1. The molecule has 1 atom stereocenters. The maximum atomic E-state index is 5.99. The molecule has 1 fully saturated rings. The van der Waals surface area contributed by atoms with Gasteiger partial charge in [0.15, 0.2) is 0 Å². The van der Waals surface area contributed by atoms with Crippen molar-refractivity contribution in [2.75, 3.05) is 26.3 Å². The number of hydrogen-bond acceptors (Lipinski definition) is 2. The Morgan fingerprint density at radius 3 is 3.19 bits per heavy atom. The highest BCUT2D eigenvalue weighted by atomic mass is 35.5. The molecule has 0 amide bonds. The van der Waals surface area contributed by atoms with Crippen molar-refractivity contribution in [3.63, 3.8) is 0 Å². The highest BCUT2D eigenvalue weighted by Gasteiger charge is 2.26. The summed E-state index contributed by atoms with van der Waals surface area (Å²) >= 11 is 5.99. The summed E-state index contributed by atoms with van der Waals surface area (Å²) in [6.07, 6.45) is 1.00. The molecule has 3 heteroatoms. The lowest BCUT2D eigenvalue weighted by Crippen LogP contribution is -2.34. The zero-order chi connectivity index (χ0) is 11.4. The van der Waals surface area contributed by atoms with Crippen molar-refractivity contribution in [2.45, 2.75) is 13.3 Å². The standard InChI is InChI=1S/C13H18ClNO/c1-13(9-15-5-6-16-10-13)8-11-3-2-4-12(14)7-11/h2-4,7,15H,5-6,8-10H2,1H3. The molecular weight excluding hydrogens is 222 g/mol. The van der Waals surface area contributed by atoms with Gasteiger partial charge in [-0.25, -0.2) is 0 Å². The van der Waals surface area contributed by atoms with Crippen molar-refractivity contribution in [2.24, 2.45) is 5.41 Å². The third-order valence-corrected chi connectivity index (χ3v) is 3.18. The first-order valence-corrected chi connectivity index (χ1v) is 6.09. The van der Waals surface area contributed by atoms with Gasteiger partial charge in [0.25, 0.3) is 0 Å². The van der Waals surface area contributed by atoms with Crippen molar-refractivity contribution in [3.05, 3.63) is 34.9 Å². The minimum absolute atomic E-state index is 0.168. The van der Waals surface area contributed by atoms with Gasteiger partial charge < -0.3 is 10.1 Å². The summed E-state index contributed by atoms with van der Waals surface area (Å²) < 4.78 is 5.62. The molecule has 1 N–H and O–H groups in total. The number of rotatable bonds is 2. The van der Waals surface area contributed by atoms with Crippen LogP contribution < -0.4 is 5.32 Å². The van der Waals surface area contributed by atoms with Crippen LogP contribution in [0.5, 0.6) is 0 Å². The van der Waals surface area contributed by atoms with E-state index in [0.29, 0.717) is 0 Å². The van der Waals surface area contributed by atoms with E-state index in [9.17, 15) is 0 Å². The van der Waals surface area contributed by atoms with E-state index >= 15 is 0 Å². The molecule has 1 saturated heterocycles. The van der Waals surface area contributed by atoms with Gasteiger partial charge in [-0.1, -0.05) is 30.7 Å². The summed E-state index contributed by atoms with van der Waals surface area (Å²) in [6.45, 7) is 5.83. The van der Waals surface area contributed by atoms with Gasteiger partial charge in [-0.2, -0.15) is 0 Å². The van der Waals surface area contributed by atoms with E-state index in [1.54, 1.807) is 0 Å². The van der Waals surface area contributed by atoms with Crippen LogP contribution in [0.15, 0.2) is 24.3 Å². The summed E-state index contributed by atoms with van der Waals surface area (Å²) in [7, 11) is 0. The third kappa shape index (κ3) is 3.21. The van der Waals surface area contributed by atoms with Crippen molar-refractivity contribution in [1.29, 1.82) is 0 Å². The lowest BCUT2D eigenvalue weighted by atomic mass is 9.84. The van der Waals surface area contributed by atoms with Gasteiger partial charge in [-0.15, -0.1) is 0 Å². The van der Waals surface area contributed by atoms with Crippen LogP contribution in [0.4, 0.5) is 0 Å². The van der Waals surface area contributed by atoms with Crippen molar-refractivity contribution in [1.82, 2.24) is 5.32 Å². The summed E-state index contributed by atoms with van der Waals surface area (Å²) in [4.78, 5) is 0. The highest BCUT2D eigenvalue weighted by Crippen LogP contribution is 2.25. The molecule has 0 aliphatic carbocycles. The summed E-state index contributed by atoms with van der Waals surface area (Å²) in [5.41, 5.74) is 1.45. The van der Waals surface area contributed by atoms with E-state index in [-0.39, 0.29) is 5.41 Å². The molecule has 0 spiro atoms. The number of halogens is 1. The van der Waals surface area contributed by atoms with Crippen molar-refractivity contribution < 1.29 is 4.74 Å². The lowest BCUT2D eigenvalue weighted by Gasteiger charge is -2.27. The summed E-state index contributed by atoms with van der Waals surface area (Å²) in [5, 5.41) is 4.22. The molecule has 0 radical (unpaired) electrons. The quantitative estimate of drug-likeness (QED) is 0.857. The van der Waals surface area contributed by atoms with Crippen LogP contribution in [-0.2, 0) is 11.2 Å². The Balaban J connectivity index is 2.06. The predicted molar refractivity (Wildman–Crippen MR) is 67.0 cm³/mol. The van der Waals surface area contributed by atoms with Crippen LogP contribution in [0.25, 0.3) is 0 Å². The van der Waals surface area contributed by atoms with E-state index in [4.69, 9.17) is 16.3 Å². The fraction of sp³-hybridized carbons (Fsp3) is 0.538. The van der Waals surface area contributed by atoms with Gasteiger partial charge in [0.1, 0.15) is 0 Å². The number of hydrogen-bond donors (Lipinski definition) is 1. The van der Waals surface area contributed by atoms with Crippen LogP contribution in [-0.4, -0.2) is 26.3 Å². The monoisotopic (exact) mass is 239 g/mol. The van der Waals surface area contributed by atoms with Crippen molar-refractivity contribution in [3.8, 4) is 0 Å². The topological polar surface area (TPSA) is 21.3 Å². The number of nitrogens with one attached hydrogen (secondary N) is 1. The first-order valence-electron chi connectivity index (χ1n) is 5.71. The van der Waals surface area contributed by atoms with Gasteiger partial charge in [0.2, 0.25) is 0 Å². The minimum atomic E-state index is 0.168. The molecule has 88 valence electrons. The second-order valence-electron chi connectivity index (χ2n) is 4.85. The molecular formula is C13H18ClNO. The normalized spacial score (nSPS) is 26.4. The van der Waals surface area contributed by atoms with Crippen LogP contribution in [0.2, 0.25) is 5.02 Å². The van der Waals surface area contributed by atoms with Gasteiger partial charge >= 0.3 is 0 Å². The molecule has 0 aromatic heterocycles. The Bertz CT molecular complexity index is 346. The molecule has 0 saturated carbocycles. The fourth-order valence-electron chi connectivity index (χ4n) is 2.16. The molecule has 1 aromatic rings. The molecule has 16 heavy (non-hydrogen) atoms. The van der Waals surface area contributed by atoms with E-state index in [0.717, 1.165) is 37.7 Å². The Kier molecular flexibility index (Phi) is 3.85. The Morgan fingerprint density at radius 2 is 2.38 bits per heavy atom. The van der Waals surface area contributed by atoms with E-state index in [1.165, 1.54) is 5.56 Å². The largest absolute Gasteiger partial charge is 0.380 e. The predicted octanol–water partition coefficient (Wildman–Crippen LogP) is 2.51. The van der Waals surface area contributed by atoms with Crippen LogP contribution in [0.3, 0.4) is 0 Å². The van der Waals surface area contributed by atoms with Gasteiger partial charge in [-0.05, 0) is 24.1 Å². The Labute approximate surface area is 102 Å². The lowest BCUT2D eigenvalue weighted by molar-refractivity contribution is 0.0796. The minimum Gasteiger partial charge on any atom is -0.380 e. The van der Waals surface area contributed by atoms with E-state index in [2.05, 4.69) is 18.3 Å². The molecule has 2 rings (SSSR count). The first-order chi connectivity index (χ1) is 7.68. The fourth-order valence-corrected chi connectivity index (χ4v) is 2.37. The third-order valence-electron chi connectivity index (χ3n) is 2.95. The van der Waals surface area contributed by atoms with Crippen LogP contribution in [0.1, 0.15) is 12.5 Å². The van der Waals surface area contributed by atoms with Gasteiger partial charge in [-0.3, -0.25) is 0 Å². The summed E-state index contributed by atoms with van der Waals surface area (Å²) in [6, 6.07) is 8.08. The van der Waals surface area contributed by atoms with E-state index < -0.39 is 0 Å². The van der Waals surface area contributed by atoms with Crippen LogP contribution in [0, 0.1) is 5.41 Å². The molecule has 1 unspecified atom stereocenters. The van der Waals surface area contributed by atoms with Gasteiger partial charge in [0, 0.05) is 23.5 Å². The SMILES string of the molecule is CC1(Cc2cccc(Cl)c2)CNCCOC1. The molecule has 2 nitrogen and oxygen atoms in total. The molecule has 1 aliphatic heterocycles. The zero-order valence-electron chi connectivity index (χ0n) is 9.63. The maximum Gasteiger partial charge on any atom is 0.0591 e. The average Bonchev–Trinajstić information content (AvgIpc) is 2.43. The van der Waals surface area contributed by atoms with Gasteiger partial charge in [0.05, 0.1) is 13.2 Å². The van der Waals surface area contributed by atoms with Crippen LogP contribution >= 0.6 is 11.6 Å². The molecule has 1 aromatic carbocycles. The van der Waals surface area contributed by atoms with E-state index in [1.807, 2.05) is 18.2 Å². The molecule has 1 heterocycles.